The van der Waals surface area contributed by atoms with Crippen LogP contribution < -0.4 is 21.7 Å². The molecule has 0 aliphatic carbocycles. The highest BCUT2D eigenvalue weighted by molar-refractivity contribution is 7.89. The molecule has 1 fully saturated rings. The summed E-state index contributed by atoms with van der Waals surface area (Å²) in [6.07, 6.45) is 2.94. The molecule has 2 aromatic rings. The van der Waals surface area contributed by atoms with Crippen molar-refractivity contribution < 1.29 is 17.9 Å². The number of hydrogen-bond donors (Lipinski definition) is 3. The minimum atomic E-state index is -3.76. The van der Waals surface area contributed by atoms with Gasteiger partial charge in [-0.1, -0.05) is 12.1 Å². The molecule has 1 aliphatic heterocycles. The van der Waals surface area contributed by atoms with Crippen molar-refractivity contribution in [1.82, 2.24) is 14.9 Å². The second-order valence-corrected chi connectivity index (χ2v) is 8.31. The number of primary sulfonamides is 1. The van der Waals surface area contributed by atoms with Crippen molar-refractivity contribution in [3.63, 3.8) is 0 Å². The van der Waals surface area contributed by atoms with Crippen LogP contribution in [0.25, 0.3) is 0 Å². The summed E-state index contributed by atoms with van der Waals surface area (Å²) in [5, 5.41) is 7.67. The predicted molar refractivity (Wildman–Crippen MR) is 104 cm³/mol. The minimum Gasteiger partial charge on any atom is -0.376 e. The molecule has 156 valence electrons. The Morgan fingerprint density at radius 3 is 2.62 bits per heavy atom. The van der Waals surface area contributed by atoms with E-state index in [1.165, 1.54) is 12.1 Å². The second-order valence-electron chi connectivity index (χ2n) is 6.75. The van der Waals surface area contributed by atoms with Gasteiger partial charge in [0.15, 0.2) is 0 Å². The first-order valence-electron chi connectivity index (χ1n) is 9.10. The van der Waals surface area contributed by atoms with E-state index in [2.05, 4.69) is 10.3 Å². The van der Waals surface area contributed by atoms with Crippen LogP contribution in [0, 0.1) is 0 Å². The Bertz CT molecular complexity index is 1100. The molecule has 1 aliphatic rings. The van der Waals surface area contributed by atoms with Gasteiger partial charge in [0.1, 0.15) is 5.56 Å². The van der Waals surface area contributed by atoms with Crippen LogP contribution in [0.3, 0.4) is 0 Å². The Kier molecular flexibility index (Phi) is 6.30. The number of ether oxygens (including phenoxy) is 1. The number of carbonyl (C=O) groups excluding carboxylic acids is 1. The van der Waals surface area contributed by atoms with E-state index in [1.807, 2.05) is 0 Å². The van der Waals surface area contributed by atoms with E-state index < -0.39 is 27.2 Å². The smallest absolute Gasteiger partial charge is 0.328 e. The van der Waals surface area contributed by atoms with E-state index in [-0.39, 0.29) is 29.7 Å². The number of aromatic amines is 1. The van der Waals surface area contributed by atoms with Crippen LogP contribution in [-0.4, -0.2) is 43.1 Å². The lowest BCUT2D eigenvalue weighted by atomic mass is 10.1. The molecular weight excluding hydrogens is 400 g/mol. The monoisotopic (exact) mass is 422 g/mol. The van der Waals surface area contributed by atoms with Gasteiger partial charge in [0.05, 0.1) is 17.5 Å². The number of H-pyrrole nitrogens is 1. The van der Waals surface area contributed by atoms with Crippen LogP contribution in [0.5, 0.6) is 0 Å². The molecule has 1 saturated heterocycles. The van der Waals surface area contributed by atoms with Crippen LogP contribution in [0.4, 0.5) is 0 Å². The van der Waals surface area contributed by atoms with Gasteiger partial charge in [-0.15, -0.1) is 0 Å². The van der Waals surface area contributed by atoms with E-state index in [9.17, 15) is 22.8 Å². The van der Waals surface area contributed by atoms with Gasteiger partial charge >= 0.3 is 5.69 Å². The van der Waals surface area contributed by atoms with Crippen LogP contribution in [-0.2, 0) is 27.7 Å². The number of nitrogens with zero attached hydrogens (tertiary/aromatic N) is 1. The van der Waals surface area contributed by atoms with Crippen LogP contribution in [0.2, 0.25) is 0 Å². The Labute approximate surface area is 166 Å². The summed E-state index contributed by atoms with van der Waals surface area (Å²) in [6, 6.07) is 5.97. The fourth-order valence-corrected chi connectivity index (χ4v) is 3.61. The van der Waals surface area contributed by atoms with Crippen molar-refractivity contribution in [2.45, 2.75) is 36.8 Å². The SMILES string of the molecule is NS(=O)(=O)c1ccc(CCNC(=O)c2c[nH]c(=O)n(CC3CCCO3)c2=O)cc1. The number of rotatable bonds is 7. The molecule has 11 heteroatoms. The summed E-state index contributed by atoms with van der Waals surface area (Å²) in [5.74, 6) is -0.603. The van der Waals surface area contributed by atoms with Gasteiger partial charge in [-0.2, -0.15) is 0 Å². The molecule has 0 saturated carbocycles. The summed E-state index contributed by atoms with van der Waals surface area (Å²) in [6.45, 7) is 0.916. The van der Waals surface area contributed by atoms with Crippen molar-refractivity contribution in [2.24, 2.45) is 5.14 Å². The maximum atomic E-state index is 12.5. The summed E-state index contributed by atoms with van der Waals surface area (Å²) in [7, 11) is -3.76. The van der Waals surface area contributed by atoms with Crippen LogP contribution in [0.15, 0.2) is 44.9 Å². The van der Waals surface area contributed by atoms with Gasteiger partial charge in [-0.25, -0.2) is 18.4 Å². The summed E-state index contributed by atoms with van der Waals surface area (Å²) < 4.78 is 28.9. The predicted octanol–water partition coefficient (Wildman–Crippen LogP) is -0.664. The average Bonchev–Trinajstić information content (AvgIpc) is 3.18. The van der Waals surface area contributed by atoms with E-state index in [1.54, 1.807) is 12.1 Å². The topological polar surface area (TPSA) is 153 Å². The van der Waals surface area contributed by atoms with E-state index >= 15 is 0 Å². The third-order valence-corrected chi connectivity index (χ3v) is 5.60. The molecule has 0 bridgehead atoms. The van der Waals surface area contributed by atoms with Crippen molar-refractivity contribution in [3.8, 4) is 0 Å². The highest BCUT2D eigenvalue weighted by atomic mass is 32.2. The molecule has 2 heterocycles. The fourth-order valence-electron chi connectivity index (χ4n) is 3.09. The normalized spacial score (nSPS) is 16.7. The molecule has 1 atom stereocenters. The van der Waals surface area contributed by atoms with Gasteiger partial charge in [0.25, 0.3) is 11.5 Å². The minimum absolute atomic E-state index is 0.00492. The lowest BCUT2D eigenvalue weighted by Gasteiger charge is -2.12. The fraction of sp³-hybridized carbons (Fsp3) is 0.389. The molecule has 1 amide bonds. The van der Waals surface area contributed by atoms with Crippen LogP contribution in [0.1, 0.15) is 28.8 Å². The van der Waals surface area contributed by atoms with Crippen LogP contribution >= 0.6 is 0 Å². The first kappa shape index (κ1) is 21.0. The highest BCUT2D eigenvalue weighted by Gasteiger charge is 2.20. The molecule has 1 aromatic heterocycles. The number of aromatic nitrogens is 2. The number of hydrogen-bond acceptors (Lipinski definition) is 6. The Morgan fingerprint density at radius 2 is 2.00 bits per heavy atom. The number of amides is 1. The quantitative estimate of drug-likeness (QED) is 0.538. The summed E-state index contributed by atoms with van der Waals surface area (Å²) in [4.78, 5) is 39.3. The van der Waals surface area contributed by atoms with Gasteiger partial charge in [-0.3, -0.25) is 14.2 Å². The zero-order valence-electron chi connectivity index (χ0n) is 15.6. The molecule has 3 rings (SSSR count). The maximum absolute atomic E-state index is 12.5. The average molecular weight is 422 g/mol. The number of benzene rings is 1. The lowest BCUT2D eigenvalue weighted by Crippen LogP contribution is -2.42. The van der Waals surface area contributed by atoms with E-state index in [0.717, 1.165) is 29.2 Å². The molecule has 1 unspecified atom stereocenters. The van der Waals surface area contributed by atoms with Gasteiger partial charge in [0.2, 0.25) is 10.0 Å². The molecule has 0 spiro atoms. The zero-order valence-corrected chi connectivity index (χ0v) is 16.4. The van der Waals surface area contributed by atoms with Gasteiger partial charge in [0, 0.05) is 19.3 Å². The molecule has 29 heavy (non-hydrogen) atoms. The largest absolute Gasteiger partial charge is 0.376 e. The van der Waals surface area contributed by atoms with Crippen molar-refractivity contribution in [2.75, 3.05) is 13.2 Å². The first-order valence-corrected chi connectivity index (χ1v) is 10.6. The summed E-state index contributed by atoms with van der Waals surface area (Å²) in [5.41, 5.74) is -0.626. The van der Waals surface area contributed by atoms with Crippen molar-refractivity contribution in [3.05, 3.63) is 62.4 Å². The third-order valence-electron chi connectivity index (χ3n) is 4.67. The van der Waals surface area contributed by atoms with Crippen molar-refractivity contribution in [1.29, 1.82) is 0 Å². The first-order chi connectivity index (χ1) is 13.8. The molecule has 1 aromatic carbocycles. The Morgan fingerprint density at radius 1 is 1.28 bits per heavy atom. The molecule has 0 radical (unpaired) electrons. The van der Waals surface area contributed by atoms with E-state index in [4.69, 9.17) is 9.88 Å². The standard InChI is InChI=1S/C18H22N4O6S/c19-29(26,27)14-5-3-12(4-6-14)7-8-20-16(23)15-10-21-18(25)22(17(15)24)11-13-2-1-9-28-13/h3-6,10,13H,1-2,7-9,11H2,(H,20,23)(H,21,25)(H2,19,26,27). The number of sulfonamides is 1. The summed E-state index contributed by atoms with van der Waals surface area (Å²) >= 11 is 0. The Balaban J connectivity index is 1.63. The lowest BCUT2D eigenvalue weighted by molar-refractivity contribution is 0.0923. The van der Waals surface area contributed by atoms with Crippen molar-refractivity contribution >= 4 is 15.9 Å². The second kappa shape index (κ2) is 8.72. The van der Waals surface area contributed by atoms with Gasteiger partial charge in [-0.05, 0) is 37.0 Å². The number of nitrogens with two attached hydrogens (primary N) is 1. The third kappa shape index (κ3) is 5.19. The zero-order chi connectivity index (χ0) is 21.0. The highest BCUT2D eigenvalue weighted by Crippen LogP contribution is 2.12. The molecule has 4 N–H and O–H groups in total. The number of nitrogens with one attached hydrogen (secondary N) is 2. The maximum Gasteiger partial charge on any atom is 0.328 e. The molecule has 10 nitrogen and oxygen atoms in total. The molecular formula is C18H22N4O6S. The Hall–Kier alpha value is -2.76. The number of carbonyl (C=O) groups is 1. The van der Waals surface area contributed by atoms with E-state index in [0.29, 0.717) is 13.0 Å². The van der Waals surface area contributed by atoms with Gasteiger partial charge < -0.3 is 15.0 Å².